The van der Waals surface area contributed by atoms with Gasteiger partial charge in [-0.2, -0.15) is 0 Å². The minimum absolute atomic E-state index is 0.466. The van der Waals surface area contributed by atoms with Gasteiger partial charge in [-0.25, -0.2) is 9.97 Å². The van der Waals surface area contributed by atoms with E-state index in [0.717, 1.165) is 34.7 Å². The topological polar surface area (TPSA) is 37.8 Å². The fraction of sp³-hybridized carbons (Fsp3) is 0.500. The van der Waals surface area contributed by atoms with E-state index in [0.29, 0.717) is 5.92 Å². The first-order valence-corrected chi connectivity index (χ1v) is 8.15. The van der Waals surface area contributed by atoms with Crippen molar-refractivity contribution in [3.8, 4) is 10.7 Å². The molecule has 20 heavy (non-hydrogen) atoms. The van der Waals surface area contributed by atoms with Crippen LogP contribution in [0.5, 0.6) is 0 Å². The van der Waals surface area contributed by atoms with Gasteiger partial charge >= 0.3 is 0 Å². The maximum absolute atomic E-state index is 4.71. The number of nitrogens with one attached hydrogen (secondary N) is 1. The molecule has 106 valence electrons. The Labute approximate surface area is 124 Å². The summed E-state index contributed by atoms with van der Waals surface area (Å²) in [6.07, 6.45) is 2.66. The molecule has 0 bridgehead atoms. The van der Waals surface area contributed by atoms with Crippen LogP contribution in [0.3, 0.4) is 0 Å². The second-order valence-electron chi connectivity index (χ2n) is 5.69. The van der Waals surface area contributed by atoms with E-state index in [4.69, 9.17) is 9.97 Å². The van der Waals surface area contributed by atoms with Crippen LogP contribution in [-0.2, 0) is 0 Å². The first-order chi connectivity index (χ1) is 9.65. The van der Waals surface area contributed by atoms with Gasteiger partial charge in [0.25, 0.3) is 0 Å². The van der Waals surface area contributed by atoms with Gasteiger partial charge in [0.05, 0.1) is 4.88 Å². The highest BCUT2D eigenvalue weighted by molar-refractivity contribution is 7.13. The van der Waals surface area contributed by atoms with Crippen molar-refractivity contribution in [2.24, 2.45) is 0 Å². The molecule has 1 aliphatic rings. The van der Waals surface area contributed by atoms with E-state index in [-0.39, 0.29) is 0 Å². The van der Waals surface area contributed by atoms with E-state index in [1.807, 2.05) is 6.07 Å². The Bertz CT molecular complexity index is 565. The van der Waals surface area contributed by atoms with Gasteiger partial charge in [-0.3, -0.25) is 0 Å². The summed E-state index contributed by atoms with van der Waals surface area (Å²) in [6.45, 7) is 7.50. The van der Waals surface area contributed by atoms with Gasteiger partial charge in [0, 0.05) is 24.0 Å². The van der Waals surface area contributed by atoms with Gasteiger partial charge in [-0.15, -0.1) is 11.3 Å². The minimum Gasteiger partial charge on any atom is -0.313 e. The highest BCUT2D eigenvalue weighted by Crippen LogP contribution is 2.27. The molecule has 0 amide bonds. The van der Waals surface area contributed by atoms with Crippen LogP contribution in [-0.4, -0.2) is 22.6 Å². The van der Waals surface area contributed by atoms with E-state index in [1.54, 1.807) is 11.3 Å². The van der Waals surface area contributed by atoms with Crippen LogP contribution in [0.2, 0.25) is 0 Å². The maximum atomic E-state index is 4.71. The van der Waals surface area contributed by atoms with Gasteiger partial charge in [0.1, 0.15) is 0 Å². The number of rotatable bonds is 5. The Kier molecular flexibility index (Phi) is 3.85. The van der Waals surface area contributed by atoms with Crippen LogP contribution in [0.4, 0.5) is 0 Å². The van der Waals surface area contributed by atoms with E-state index < -0.39 is 0 Å². The Morgan fingerprint density at radius 1 is 1.30 bits per heavy atom. The van der Waals surface area contributed by atoms with Gasteiger partial charge in [0.2, 0.25) is 0 Å². The average Bonchev–Trinajstić information content (AvgIpc) is 3.07. The fourth-order valence-corrected chi connectivity index (χ4v) is 3.34. The normalized spacial score (nSPS) is 16.4. The zero-order valence-corrected chi connectivity index (χ0v) is 13.1. The molecule has 0 radical (unpaired) electrons. The molecule has 1 fully saturated rings. The second-order valence-corrected chi connectivity index (χ2v) is 6.64. The summed E-state index contributed by atoms with van der Waals surface area (Å²) in [6, 6.07) is 4.88. The van der Waals surface area contributed by atoms with E-state index in [1.165, 1.54) is 18.4 Å². The second kappa shape index (κ2) is 5.62. The van der Waals surface area contributed by atoms with Crippen molar-refractivity contribution >= 4 is 11.3 Å². The van der Waals surface area contributed by atoms with Crippen LogP contribution < -0.4 is 5.32 Å². The van der Waals surface area contributed by atoms with E-state index in [2.05, 4.69) is 37.5 Å². The van der Waals surface area contributed by atoms with Crippen LogP contribution in [0.15, 0.2) is 17.5 Å². The standard InChI is InChI=1S/C16H21N3S/c1-10(9-17-13-6-7-13)15-11(2)18-16(19-12(15)3)14-5-4-8-20-14/h4-5,8,10,13,17H,6-7,9H2,1-3H3. The molecule has 4 heteroatoms. The summed E-state index contributed by atoms with van der Waals surface area (Å²) in [7, 11) is 0. The van der Waals surface area contributed by atoms with Crippen molar-refractivity contribution in [2.75, 3.05) is 6.54 Å². The average molecular weight is 287 g/mol. The molecule has 1 N–H and O–H groups in total. The van der Waals surface area contributed by atoms with Crippen LogP contribution in [0, 0.1) is 13.8 Å². The molecule has 1 saturated carbocycles. The summed E-state index contributed by atoms with van der Waals surface area (Å²) in [5.74, 6) is 1.33. The first kappa shape index (κ1) is 13.7. The number of thiophene rings is 1. The summed E-state index contributed by atoms with van der Waals surface area (Å²) >= 11 is 1.69. The monoisotopic (exact) mass is 287 g/mol. The predicted molar refractivity (Wildman–Crippen MR) is 84.3 cm³/mol. The molecule has 0 aromatic carbocycles. The Morgan fingerprint density at radius 2 is 2.00 bits per heavy atom. The first-order valence-electron chi connectivity index (χ1n) is 7.27. The molecule has 0 spiro atoms. The molecule has 1 atom stereocenters. The molecule has 2 aromatic rings. The molecule has 1 unspecified atom stereocenters. The molecule has 3 rings (SSSR count). The lowest BCUT2D eigenvalue weighted by Crippen LogP contribution is -2.23. The molecule has 3 nitrogen and oxygen atoms in total. The van der Waals surface area contributed by atoms with Crippen LogP contribution in [0.1, 0.15) is 42.6 Å². The third kappa shape index (κ3) is 2.91. The third-order valence-electron chi connectivity index (χ3n) is 3.85. The largest absolute Gasteiger partial charge is 0.313 e. The lowest BCUT2D eigenvalue weighted by atomic mass is 9.98. The highest BCUT2D eigenvalue weighted by Gasteiger charge is 2.22. The molecular formula is C16H21N3S. The van der Waals surface area contributed by atoms with Crippen molar-refractivity contribution < 1.29 is 0 Å². The fourth-order valence-electron chi connectivity index (χ4n) is 2.69. The third-order valence-corrected chi connectivity index (χ3v) is 4.72. The number of aryl methyl sites for hydroxylation is 2. The van der Waals surface area contributed by atoms with E-state index in [9.17, 15) is 0 Å². The Hall–Kier alpha value is -1.26. The Morgan fingerprint density at radius 3 is 2.55 bits per heavy atom. The summed E-state index contributed by atoms with van der Waals surface area (Å²) < 4.78 is 0. The van der Waals surface area contributed by atoms with Gasteiger partial charge in [-0.05, 0) is 49.6 Å². The predicted octanol–water partition coefficient (Wildman–Crippen LogP) is 3.68. The molecule has 1 aliphatic carbocycles. The van der Waals surface area contributed by atoms with Crippen LogP contribution in [0.25, 0.3) is 10.7 Å². The highest BCUT2D eigenvalue weighted by atomic mass is 32.1. The van der Waals surface area contributed by atoms with Crippen molar-refractivity contribution in [3.05, 3.63) is 34.5 Å². The van der Waals surface area contributed by atoms with E-state index >= 15 is 0 Å². The van der Waals surface area contributed by atoms with Crippen molar-refractivity contribution in [1.82, 2.24) is 15.3 Å². The van der Waals surface area contributed by atoms with Crippen molar-refractivity contribution in [3.63, 3.8) is 0 Å². The molecule has 0 saturated heterocycles. The maximum Gasteiger partial charge on any atom is 0.169 e. The van der Waals surface area contributed by atoms with Gasteiger partial charge in [0.15, 0.2) is 5.82 Å². The zero-order chi connectivity index (χ0) is 14.1. The summed E-state index contributed by atoms with van der Waals surface area (Å²) in [5.41, 5.74) is 3.54. The molecular weight excluding hydrogens is 266 g/mol. The quantitative estimate of drug-likeness (QED) is 0.911. The zero-order valence-electron chi connectivity index (χ0n) is 12.3. The lowest BCUT2D eigenvalue weighted by Gasteiger charge is -2.17. The SMILES string of the molecule is Cc1nc(-c2cccs2)nc(C)c1C(C)CNC1CC1. The number of nitrogens with zero attached hydrogens (tertiary/aromatic N) is 2. The number of aromatic nitrogens is 2. The van der Waals surface area contributed by atoms with Gasteiger partial charge < -0.3 is 5.32 Å². The lowest BCUT2D eigenvalue weighted by molar-refractivity contribution is 0.603. The summed E-state index contributed by atoms with van der Waals surface area (Å²) in [4.78, 5) is 10.6. The van der Waals surface area contributed by atoms with Crippen molar-refractivity contribution in [2.45, 2.75) is 45.6 Å². The van der Waals surface area contributed by atoms with Gasteiger partial charge in [-0.1, -0.05) is 13.0 Å². The Balaban J connectivity index is 1.83. The van der Waals surface area contributed by atoms with Crippen molar-refractivity contribution in [1.29, 1.82) is 0 Å². The number of hydrogen-bond donors (Lipinski definition) is 1. The molecule has 2 heterocycles. The summed E-state index contributed by atoms with van der Waals surface area (Å²) in [5, 5.41) is 5.67. The number of hydrogen-bond acceptors (Lipinski definition) is 4. The molecule has 2 aromatic heterocycles. The smallest absolute Gasteiger partial charge is 0.169 e. The minimum atomic E-state index is 0.466. The van der Waals surface area contributed by atoms with Crippen LogP contribution >= 0.6 is 11.3 Å². The molecule has 0 aliphatic heterocycles.